The molecule has 2 heterocycles. The average Bonchev–Trinajstić information content (AvgIpc) is 3.10. The van der Waals surface area contributed by atoms with E-state index in [1.54, 1.807) is 17.1 Å². The van der Waals surface area contributed by atoms with Crippen LogP contribution in [0.2, 0.25) is 5.02 Å². The van der Waals surface area contributed by atoms with E-state index in [0.29, 0.717) is 23.7 Å². The van der Waals surface area contributed by atoms with Crippen LogP contribution in [0, 0.1) is 0 Å². The Morgan fingerprint density at radius 2 is 2.00 bits per heavy atom. The lowest BCUT2D eigenvalue weighted by atomic mass is 10.1. The molecule has 3 rings (SSSR count). The molecule has 1 aromatic carbocycles. The number of carbonyl (C=O) groups excluding carboxylic acids is 1. The Labute approximate surface area is 154 Å². The van der Waals surface area contributed by atoms with E-state index in [2.05, 4.69) is 15.3 Å². The van der Waals surface area contributed by atoms with Gasteiger partial charge in [0, 0.05) is 17.8 Å². The summed E-state index contributed by atoms with van der Waals surface area (Å²) >= 11 is 6.17. The van der Waals surface area contributed by atoms with Crippen molar-refractivity contribution in [1.82, 2.24) is 20.0 Å². The van der Waals surface area contributed by atoms with Crippen LogP contribution in [-0.2, 0) is 6.54 Å². The van der Waals surface area contributed by atoms with E-state index in [-0.39, 0.29) is 5.91 Å². The number of rotatable bonds is 7. The van der Waals surface area contributed by atoms with Gasteiger partial charge in [-0.25, -0.2) is 0 Å². The lowest BCUT2D eigenvalue weighted by Gasteiger charge is -2.26. The zero-order valence-corrected chi connectivity index (χ0v) is 15.2. The van der Waals surface area contributed by atoms with Crippen molar-refractivity contribution in [2.75, 3.05) is 26.2 Å². The second kappa shape index (κ2) is 9.02. The highest BCUT2D eigenvalue weighted by Gasteiger charge is 2.11. The van der Waals surface area contributed by atoms with Crippen molar-refractivity contribution in [1.29, 1.82) is 0 Å². The minimum atomic E-state index is -0.0657. The van der Waals surface area contributed by atoms with Gasteiger partial charge in [-0.1, -0.05) is 36.2 Å². The van der Waals surface area contributed by atoms with Crippen LogP contribution >= 0.6 is 11.6 Å². The van der Waals surface area contributed by atoms with Crippen molar-refractivity contribution in [3.63, 3.8) is 0 Å². The van der Waals surface area contributed by atoms with E-state index in [4.69, 9.17) is 11.6 Å². The average molecular weight is 361 g/mol. The first-order valence-corrected chi connectivity index (χ1v) is 9.36. The van der Waals surface area contributed by atoms with E-state index in [1.165, 1.54) is 32.4 Å². The Balaban J connectivity index is 1.43. The summed E-state index contributed by atoms with van der Waals surface area (Å²) in [6.45, 7) is 4.71. The molecule has 1 saturated heterocycles. The van der Waals surface area contributed by atoms with Gasteiger partial charge < -0.3 is 10.2 Å². The number of nitrogens with one attached hydrogen (secondary N) is 1. The smallest absolute Gasteiger partial charge is 0.254 e. The monoisotopic (exact) mass is 360 g/mol. The van der Waals surface area contributed by atoms with Crippen LogP contribution in [0.4, 0.5) is 0 Å². The molecule has 0 bridgehead atoms. The predicted octanol–water partition coefficient (Wildman–Crippen LogP) is 3.19. The molecular weight excluding hydrogens is 336 g/mol. The summed E-state index contributed by atoms with van der Waals surface area (Å²) in [6.07, 6.45) is 8.32. The third-order valence-corrected chi connectivity index (χ3v) is 4.94. The van der Waals surface area contributed by atoms with Gasteiger partial charge in [-0.3, -0.25) is 9.48 Å². The normalized spacial score (nSPS) is 15.2. The number of likely N-dealkylation sites (tertiary alicyclic amines) is 1. The quantitative estimate of drug-likeness (QED) is 0.771. The Bertz CT molecular complexity index is 694. The predicted molar refractivity (Wildman–Crippen MR) is 100 cm³/mol. The molecule has 1 aliphatic rings. The van der Waals surface area contributed by atoms with Crippen LogP contribution in [0.1, 0.15) is 41.6 Å². The molecule has 1 aliphatic heterocycles. The second-order valence-corrected chi connectivity index (χ2v) is 6.94. The van der Waals surface area contributed by atoms with Gasteiger partial charge in [-0.15, -0.1) is 0 Å². The summed E-state index contributed by atoms with van der Waals surface area (Å²) in [4.78, 5) is 14.7. The molecule has 1 amide bonds. The number of aromatic nitrogens is 2. The van der Waals surface area contributed by atoms with Gasteiger partial charge in [0.2, 0.25) is 0 Å². The summed E-state index contributed by atoms with van der Waals surface area (Å²) in [5.74, 6) is -0.0657. The molecule has 1 N–H and O–H groups in total. The standard InChI is InChI=1S/C19H25ClN4O/c20-18-8-3-2-7-16(18)14-24-15-17(13-22-24)19(25)21-9-6-12-23-10-4-1-5-11-23/h2-3,7-8,13,15H,1,4-6,9-12,14H2,(H,21,25). The van der Waals surface area contributed by atoms with Crippen molar-refractivity contribution in [2.45, 2.75) is 32.2 Å². The van der Waals surface area contributed by atoms with Crippen molar-refractivity contribution in [3.8, 4) is 0 Å². The molecule has 134 valence electrons. The maximum Gasteiger partial charge on any atom is 0.254 e. The maximum atomic E-state index is 12.2. The fourth-order valence-corrected chi connectivity index (χ4v) is 3.35. The highest BCUT2D eigenvalue weighted by molar-refractivity contribution is 6.31. The molecule has 0 saturated carbocycles. The first-order valence-electron chi connectivity index (χ1n) is 8.99. The molecule has 1 fully saturated rings. The van der Waals surface area contributed by atoms with Gasteiger partial charge >= 0.3 is 0 Å². The number of hydrogen-bond donors (Lipinski definition) is 1. The number of nitrogens with zero attached hydrogens (tertiary/aromatic N) is 3. The number of hydrogen-bond acceptors (Lipinski definition) is 3. The highest BCUT2D eigenvalue weighted by Crippen LogP contribution is 2.16. The van der Waals surface area contributed by atoms with Gasteiger partial charge in [0.25, 0.3) is 5.91 Å². The molecule has 1 aromatic heterocycles. The minimum absolute atomic E-state index is 0.0657. The van der Waals surface area contributed by atoms with E-state index in [0.717, 1.165) is 18.5 Å². The van der Waals surface area contributed by atoms with E-state index < -0.39 is 0 Å². The van der Waals surface area contributed by atoms with Crippen LogP contribution in [0.15, 0.2) is 36.7 Å². The number of amides is 1. The zero-order valence-electron chi connectivity index (χ0n) is 14.5. The summed E-state index contributed by atoms with van der Waals surface area (Å²) in [5, 5.41) is 7.96. The lowest BCUT2D eigenvalue weighted by molar-refractivity contribution is 0.0951. The van der Waals surface area contributed by atoms with Crippen molar-refractivity contribution in [3.05, 3.63) is 52.8 Å². The van der Waals surface area contributed by atoms with Crippen LogP contribution in [0.25, 0.3) is 0 Å². The van der Waals surface area contributed by atoms with E-state index in [1.807, 2.05) is 24.3 Å². The van der Waals surface area contributed by atoms with Crippen LogP contribution < -0.4 is 5.32 Å². The van der Waals surface area contributed by atoms with Crippen LogP contribution in [0.5, 0.6) is 0 Å². The Kier molecular flexibility index (Phi) is 6.48. The highest BCUT2D eigenvalue weighted by atomic mass is 35.5. The number of benzene rings is 1. The molecule has 2 aromatic rings. The van der Waals surface area contributed by atoms with Crippen LogP contribution in [0.3, 0.4) is 0 Å². The van der Waals surface area contributed by atoms with Gasteiger partial charge in [0.1, 0.15) is 0 Å². The Morgan fingerprint density at radius 3 is 2.80 bits per heavy atom. The Morgan fingerprint density at radius 1 is 1.20 bits per heavy atom. The summed E-state index contributed by atoms with van der Waals surface area (Å²) < 4.78 is 1.74. The SMILES string of the molecule is O=C(NCCCN1CCCCC1)c1cnn(Cc2ccccc2Cl)c1. The number of piperidine rings is 1. The first kappa shape index (κ1) is 18.0. The number of carbonyl (C=O) groups is 1. The molecule has 0 aliphatic carbocycles. The molecule has 0 atom stereocenters. The van der Waals surface area contributed by atoms with Crippen molar-refractivity contribution >= 4 is 17.5 Å². The summed E-state index contributed by atoms with van der Waals surface area (Å²) in [5.41, 5.74) is 1.57. The second-order valence-electron chi connectivity index (χ2n) is 6.53. The largest absolute Gasteiger partial charge is 0.352 e. The fraction of sp³-hybridized carbons (Fsp3) is 0.474. The van der Waals surface area contributed by atoms with E-state index >= 15 is 0 Å². The molecular formula is C19H25ClN4O. The number of halogens is 1. The third-order valence-electron chi connectivity index (χ3n) is 4.57. The van der Waals surface area contributed by atoms with Gasteiger partial charge in [0.15, 0.2) is 0 Å². The topological polar surface area (TPSA) is 50.2 Å². The molecule has 25 heavy (non-hydrogen) atoms. The third kappa shape index (κ3) is 5.31. The van der Waals surface area contributed by atoms with Crippen molar-refractivity contribution < 1.29 is 4.79 Å². The summed E-state index contributed by atoms with van der Waals surface area (Å²) in [6, 6.07) is 7.67. The molecule has 5 nitrogen and oxygen atoms in total. The minimum Gasteiger partial charge on any atom is -0.352 e. The van der Waals surface area contributed by atoms with Gasteiger partial charge in [0.05, 0.1) is 18.3 Å². The van der Waals surface area contributed by atoms with Crippen LogP contribution in [-0.4, -0.2) is 46.8 Å². The van der Waals surface area contributed by atoms with Gasteiger partial charge in [-0.2, -0.15) is 5.10 Å². The molecule has 0 spiro atoms. The first-order chi connectivity index (χ1) is 12.2. The fourth-order valence-electron chi connectivity index (χ4n) is 3.16. The molecule has 0 unspecified atom stereocenters. The zero-order chi connectivity index (χ0) is 17.5. The van der Waals surface area contributed by atoms with Gasteiger partial charge in [-0.05, 0) is 50.5 Å². The molecule has 6 heteroatoms. The lowest BCUT2D eigenvalue weighted by Crippen LogP contribution is -2.33. The Hall–Kier alpha value is -1.85. The van der Waals surface area contributed by atoms with E-state index in [9.17, 15) is 4.79 Å². The summed E-state index contributed by atoms with van der Waals surface area (Å²) in [7, 11) is 0. The van der Waals surface area contributed by atoms with Crippen molar-refractivity contribution in [2.24, 2.45) is 0 Å². The maximum absolute atomic E-state index is 12.2. The molecule has 0 radical (unpaired) electrons.